The SMILES string of the molecule is CCCCC1CCC2CC(C3CCC(C(=O)Oc4ccc(F)cc4)CC3)CCC2C1. The van der Waals surface area contributed by atoms with Gasteiger partial charge in [0.15, 0.2) is 0 Å². The summed E-state index contributed by atoms with van der Waals surface area (Å²) >= 11 is 0. The van der Waals surface area contributed by atoms with Gasteiger partial charge in [-0.2, -0.15) is 0 Å². The second kappa shape index (κ2) is 10.3. The number of fused-ring (bicyclic) bond motifs is 1. The van der Waals surface area contributed by atoms with Gasteiger partial charge in [0.25, 0.3) is 0 Å². The van der Waals surface area contributed by atoms with Crippen LogP contribution in [-0.2, 0) is 4.79 Å². The zero-order valence-electron chi connectivity index (χ0n) is 18.7. The fourth-order valence-electron chi connectivity index (χ4n) is 6.73. The largest absolute Gasteiger partial charge is 0.426 e. The van der Waals surface area contributed by atoms with Crippen molar-refractivity contribution in [1.82, 2.24) is 0 Å². The predicted octanol–water partition coefficient (Wildman–Crippen LogP) is 7.56. The average molecular weight is 415 g/mol. The van der Waals surface area contributed by atoms with Gasteiger partial charge in [0.1, 0.15) is 11.6 Å². The van der Waals surface area contributed by atoms with Crippen LogP contribution >= 0.6 is 0 Å². The maximum Gasteiger partial charge on any atom is 0.314 e. The number of ether oxygens (including phenoxy) is 1. The Morgan fingerprint density at radius 2 is 1.47 bits per heavy atom. The van der Waals surface area contributed by atoms with E-state index >= 15 is 0 Å². The van der Waals surface area contributed by atoms with Crippen molar-refractivity contribution in [2.24, 2.45) is 35.5 Å². The van der Waals surface area contributed by atoms with Crippen LogP contribution in [0, 0.1) is 41.3 Å². The van der Waals surface area contributed by atoms with Crippen LogP contribution in [0.25, 0.3) is 0 Å². The number of halogens is 1. The lowest BCUT2D eigenvalue weighted by Gasteiger charge is -2.45. The Labute approximate surface area is 182 Å². The molecule has 1 aromatic rings. The Morgan fingerprint density at radius 3 is 2.17 bits per heavy atom. The lowest BCUT2D eigenvalue weighted by atomic mass is 9.60. The van der Waals surface area contributed by atoms with Crippen LogP contribution in [0.15, 0.2) is 24.3 Å². The first-order valence-corrected chi connectivity index (χ1v) is 12.6. The minimum absolute atomic E-state index is 0.0108. The number of unbranched alkanes of at least 4 members (excludes halogenated alkanes) is 1. The number of hydrogen-bond acceptors (Lipinski definition) is 2. The van der Waals surface area contributed by atoms with Crippen LogP contribution in [0.2, 0.25) is 0 Å². The number of benzene rings is 1. The molecule has 3 aliphatic rings. The monoisotopic (exact) mass is 414 g/mol. The molecule has 4 rings (SSSR count). The summed E-state index contributed by atoms with van der Waals surface area (Å²) in [6, 6.07) is 5.75. The Balaban J connectivity index is 1.21. The molecule has 4 atom stereocenters. The number of esters is 1. The van der Waals surface area contributed by atoms with E-state index in [0.29, 0.717) is 5.75 Å². The van der Waals surface area contributed by atoms with E-state index in [9.17, 15) is 9.18 Å². The minimum Gasteiger partial charge on any atom is -0.426 e. The van der Waals surface area contributed by atoms with Crippen molar-refractivity contribution in [2.75, 3.05) is 0 Å². The van der Waals surface area contributed by atoms with E-state index in [2.05, 4.69) is 6.92 Å². The first-order chi connectivity index (χ1) is 14.6. The van der Waals surface area contributed by atoms with Crippen molar-refractivity contribution >= 4 is 5.97 Å². The van der Waals surface area contributed by atoms with E-state index in [-0.39, 0.29) is 17.7 Å². The summed E-state index contributed by atoms with van der Waals surface area (Å²) in [6.07, 6.45) is 17.2. The predicted molar refractivity (Wildman–Crippen MR) is 119 cm³/mol. The van der Waals surface area contributed by atoms with Gasteiger partial charge in [0.2, 0.25) is 0 Å². The Kier molecular flexibility index (Phi) is 7.49. The fourth-order valence-corrected chi connectivity index (χ4v) is 6.73. The van der Waals surface area contributed by atoms with Crippen LogP contribution in [0.4, 0.5) is 4.39 Å². The van der Waals surface area contributed by atoms with Crippen LogP contribution < -0.4 is 4.74 Å². The first kappa shape index (κ1) is 21.8. The second-order valence-electron chi connectivity index (χ2n) is 10.4. The van der Waals surface area contributed by atoms with Crippen LogP contribution in [0.1, 0.15) is 90.4 Å². The number of rotatable bonds is 6. The quantitative estimate of drug-likeness (QED) is 0.354. The van der Waals surface area contributed by atoms with Gasteiger partial charge in [-0.25, -0.2) is 4.39 Å². The van der Waals surface area contributed by atoms with Crippen molar-refractivity contribution in [2.45, 2.75) is 90.4 Å². The highest BCUT2D eigenvalue weighted by atomic mass is 19.1. The summed E-state index contributed by atoms with van der Waals surface area (Å²) in [5, 5.41) is 0. The van der Waals surface area contributed by atoms with Crippen molar-refractivity contribution in [3.63, 3.8) is 0 Å². The van der Waals surface area contributed by atoms with Crippen LogP contribution in [0.3, 0.4) is 0 Å². The molecule has 0 bridgehead atoms. The van der Waals surface area contributed by atoms with Gasteiger partial charge < -0.3 is 4.74 Å². The Morgan fingerprint density at radius 1 is 0.867 bits per heavy atom. The van der Waals surface area contributed by atoms with E-state index in [0.717, 1.165) is 42.4 Å². The van der Waals surface area contributed by atoms with Gasteiger partial charge in [0, 0.05) is 0 Å². The maximum atomic E-state index is 13.0. The molecule has 0 spiro atoms. The smallest absolute Gasteiger partial charge is 0.314 e. The average Bonchev–Trinajstić information content (AvgIpc) is 2.79. The molecule has 30 heavy (non-hydrogen) atoms. The third kappa shape index (κ3) is 5.45. The zero-order valence-corrected chi connectivity index (χ0v) is 18.7. The molecular formula is C27H39FO2. The summed E-state index contributed by atoms with van der Waals surface area (Å²) in [6.45, 7) is 2.31. The Hall–Kier alpha value is -1.38. The fraction of sp³-hybridized carbons (Fsp3) is 0.741. The molecule has 3 aliphatic carbocycles. The molecule has 166 valence electrons. The van der Waals surface area contributed by atoms with E-state index < -0.39 is 0 Å². The van der Waals surface area contributed by atoms with Crippen LogP contribution in [0.5, 0.6) is 5.75 Å². The summed E-state index contributed by atoms with van der Waals surface area (Å²) < 4.78 is 18.5. The van der Waals surface area contributed by atoms with Crippen molar-refractivity contribution in [3.05, 3.63) is 30.1 Å². The van der Waals surface area contributed by atoms with E-state index in [1.807, 2.05) is 0 Å². The molecule has 1 aromatic carbocycles. The molecule has 0 aromatic heterocycles. The Bertz CT molecular complexity index is 677. The van der Waals surface area contributed by atoms with Gasteiger partial charge in [-0.1, -0.05) is 32.6 Å². The van der Waals surface area contributed by atoms with E-state index in [1.165, 1.54) is 94.9 Å². The molecule has 0 radical (unpaired) electrons. The van der Waals surface area contributed by atoms with Gasteiger partial charge in [-0.3, -0.25) is 4.79 Å². The molecule has 3 saturated carbocycles. The van der Waals surface area contributed by atoms with Gasteiger partial charge in [0.05, 0.1) is 5.92 Å². The highest BCUT2D eigenvalue weighted by molar-refractivity contribution is 5.75. The molecular weight excluding hydrogens is 375 g/mol. The molecule has 2 nitrogen and oxygen atoms in total. The second-order valence-corrected chi connectivity index (χ2v) is 10.4. The molecule has 0 amide bonds. The minimum atomic E-state index is -0.306. The molecule has 0 saturated heterocycles. The third-order valence-electron chi connectivity index (χ3n) is 8.53. The lowest BCUT2D eigenvalue weighted by Crippen LogP contribution is -2.35. The standard InChI is InChI=1S/C27H39FO2/c1-2-3-4-19-5-6-24-18-23(12-11-22(24)17-19)20-7-9-21(10-8-20)27(29)30-26-15-13-25(28)14-16-26/h13-16,19-24H,2-12,17-18H2,1H3. The van der Waals surface area contributed by atoms with Crippen molar-refractivity contribution < 1.29 is 13.9 Å². The van der Waals surface area contributed by atoms with Crippen molar-refractivity contribution in [3.8, 4) is 5.75 Å². The lowest BCUT2D eigenvalue weighted by molar-refractivity contribution is -0.140. The highest BCUT2D eigenvalue weighted by Gasteiger charge is 2.39. The first-order valence-electron chi connectivity index (χ1n) is 12.6. The van der Waals surface area contributed by atoms with Gasteiger partial charge in [-0.05, 0) is 112 Å². The number of carbonyl (C=O) groups excluding carboxylic acids is 1. The van der Waals surface area contributed by atoms with Gasteiger partial charge >= 0.3 is 5.97 Å². The molecule has 4 unspecified atom stereocenters. The summed E-state index contributed by atoms with van der Waals surface area (Å²) in [5.74, 6) is 4.69. The molecule has 0 N–H and O–H groups in total. The zero-order chi connectivity index (χ0) is 20.9. The molecule has 3 heteroatoms. The molecule has 0 aliphatic heterocycles. The summed E-state index contributed by atoms with van der Waals surface area (Å²) in [7, 11) is 0. The molecule has 0 heterocycles. The normalized spacial score (nSPS) is 34.2. The van der Waals surface area contributed by atoms with Gasteiger partial charge in [-0.15, -0.1) is 0 Å². The van der Waals surface area contributed by atoms with Crippen LogP contribution in [-0.4, -0.2) is 5.97 Å². The maximum absolute atomic E-state index is 13.0. The highest BCUT2D eigenvalue weighted by Crippen LogP contribution is 2.49. The number of hydrogen-bond donors (Lipinski definition) is 0. The van der Waals surface area contributed by atoms with E-state index in [4.69, 9.17) is 4.74 Å². The topological polar surface area (TPSA) is 26.3 Å². The summed E-state index contributed by atoms with van der Waals surface area (Å²) in [4.78, 5) is 12.5. The number of carbonyl (C=O) groups is 1. The van der Waals surface area contributed by atoms with Crippen molar-refractivity contribution in [1.29, 1.82) is 0 Å². The molecule has 3 fully saturated rings. The third-order valence-corrected chi connectivity index (χ3v) is 8.53. The summed E-state index contributed by atoms with van der Waals surface area (Å²) in [5.41, 5.74) is 0. The van der Waals surface area contributed by atoms with E-state index in [1.54, 1.807) is 0 Å².